The number of hydrogen-bond donors (Lipinski definition) is 1. The molecule has 2 aromatic carbocycles. The van der Waals surface area contributed by atoms with Gasteiger partial charge in [0.15, 0.2) is 0 Å². The molecule has 0 spiro atoms. The number of amides is 2. The van der Waals surface area contributed by atoms with E-state index in [9.17, 15) is 18.8 Å². The lowest BCUT2D eigenvalue weighted by molar-refractivity contribution is -0.120. The molecule has 0 radical (unpaired) electrons. The number of aromatic amines is 1. The quantitative estimate of drug-likeness (QED) is 0.457. The molecule has 35 heavy (non-hydrogen) atoms. The van der Waals surface area contributed by atoms with Crippen molar-refractivity contribution in [2.45, 2.75) is 27.2 Å². The number of hydrogen-bond acceptors (Lipinski definition) is 4. The standard InChI is InChI=1S/C25H23Cl2FN4O3/c1-4-18-20(24(34)32(29-18)14-11-12-15(26)16(27)13-14)21-22(30(5-2)6-3)25(35)31(23(21)33)19-10-8-7-9-17(19)28/h7-13,29H,4-6H2,1-3H3. The van der Waals surface area contributed by atoms with Gasteiger partial charge >= 0.3 is 0 Å². The molecule has 2 amide bonds. The summed E-state index contributed by atoms with van der Waals surface area (Å²) >= 11 is 12.2. The van der Waals surface area contributed by atoms with E-state index in [2.05, 4.69) is 5.10 Å². The van der Waals surface area contributed by atoms with Crippen molar-refractivity contribution in [3.8, 4) is 5.69 Å². The lowest BCUT2D eigenvalue weighted by atomic mass is 10.0. The first-order chi connectivity index (χ1) is 16.7. The molecule has 0 bridgehead atoms. The normalized spacial score (nSPS) is 13.8. The first kappa shape index (κ1) is 24.8. The van der Waals surface area contributed by atoms with E-state index in [4.69, 9.17) is 23.2 Å². The molecule has 1 aromatic heterocycles. The Morgan fingerprint density at radius 2 is 1.63 bits per heavy atom. The summed E-state index contributed by atoms with van der Waals surface area (Å²) in [4.78, 5) is 43.5. The van der Waals surface area contributed by atoms with Crippen LogP contribution in [0, 0.1) is 5.82 Å². The summed E-state index contributed by atoms with van der Waals surface area (Å²) in [5, 5.41) is 3.61. The molecule has 0 saturated heterocycles. The molecule has 1 N–H and O–H groups in total. The van der Waals surface area contributed by atoms with Gasteiger partial charge in [-0.1, -0.05) is 42.3 Å². The first-order valence-corrected chi connectivity index (χ1v) is 11.9. The smallest absolute Gasteiger partial charge is 0.282 e. The minimum atomic E-state index is -0.755. The molecule has 1 aliphatic heterocycles. The van der Waals surface area contributed by atoms with Gasteiger partial charge in [-0.25, -0.2) is 14.0 Å². The lowest BCUT2D eigenvalue weighted by Gasteiger charge is -2.23. The molecular weight excluding hydrogens is 494 g/mol. The number of benzene rings is 2. The van der Waals surface area contributed by atoms with Gasteiger partial charge in [0.1, 0.15) is 11.5 Å². The van der Waals surface area contributed by atoms with Crippen molar-refractivity contribution in [2.75, 3.05) is 18.0 Å². The van der Waals surface area contributed by atoms with Crippen LogP contribution in [-0.4, -0.2) is 39.6 Å². The summed E-state index contributed by atoms with van der Waals surface area (Å²) in [6.45, 7) is 6.31. The number of carbonyl (C=O) groups is 2. The molecule has 0 aliphatic carbocycles. The molecule has 10 heteroatoms. The van der Waals surface area contributed by atoms with Crippen LogP contribution in [0.3, 0.4) is 0 Å². The minimum absolute atomic E-state index is 0.0566. The highest BCUT2D eigenvalue weighted by Crippen LogP contribution is 2.36. The maximum Gasteiger partial charge on any atom is 0.282 e. The fourth-order valence-electron chi connectivity index (χ4n) is 4.23. The zero-order valence-electron chi connectivity index (χ0n) is 19.4. The predicted molar refractivity (Wildman–Crippen MR) is 135 cm³/mol. The number of carbonyl (C=O) groups excluding carboxylic acids is 2. The molecule has 2 heterocycles. The number of aromatic nitrogens is 2. The Kier molecular flexibility index (Phi) is 6.87. The van der Waals surface area contributed by atoms with E-state index < -0.39 is 23.2 Å². The van der Waals surface area contributed by atoms with Crippen LogP contribution in [0.25, 0.3) is 11.3 Å². The minimum Gasteiger partial charge on any atom is -0.367 e. The monoisotopic (exact) mass is 516 g/mol. The van der Waals surface area contributed by atoms with Gasteiger partial charge in [0.05, 0.1) is 32.6 Å². The van der Waals surface area contributed by atoms with E-state index in [0.717, 1.165) is 4.90 Å². The zero-order chi connectivity index (χ0) is 25.4. The Hall–Kier alpha value is -3.36. The van der Waals surface area contributed by atoms with Crippen molar-refractivity contribution >= 4 is 46.3 Å². The topological polar surface area (TPSA) is 78.4 Å². The molecule has 3 aromatic rings. The summed E-state index contributed by atoms with van der Waals surface area (Å²) in [7, 11) is 0. The van der Waals surface area contributed by atoms with Gasteiger partial charge in [0.25, 0.3) is 17.4 Å². The van der Waals surface area contributed by atoms with Crippen LogP contribution in [0.5, 0.6) is 0 Å². The predicted octanol–water partition coefficient (Wildman–Crippen LogP) is 4.80. The first-order valence-electron chi connectivity index (χ1n) is 11.2. The Balaban J connectivity index is 1.98. The Bertz CT molecular complexity index is 1420. The second-order valence-corrected chi connectivity index (χ2v) is 8.67. The molecule has 0 saturated carbocycles. The lowest BCUT2D eigenvalue weighted by Crippen LogP contribution is -2.35. The van der Waals surface area contributed by atoms with Crippen molar-refractivity contribution in [1.82, 2.24) is 14.7 Å². The number of rotatable bonds is 7. The number of aryl methyl sites for hydroxylation is 1. The van der Waals surface area contributed by atoms with Crippen molar-refractivity contribution in [3.63, 3.8) is 0 Å². The van der Waals surface area contributed by atoms with E-state index in [1.54, 1.807) is 23.1 Å². The SMILES string of the molecule is CCc1[nH]n(-c2ccc(Cl)c(Cl)c2)c(=O)c1C1=C(N(CC)CC)C(=O)N(c2ccccc2F)C1=O. The van der Waals surface area contributed by atoms with Gasteiger partial charge in [-0.3, -0.25) is 19.5 Å². The molecular formula is C25H23Cl2FN4O3. The third kappa shape index (κ3) is 4.06. The molecule has 0 unspecified atom stereocenters. The number of H-pyrrole nitrogens is 1. The maximum absolute atomic E-state index is 14.7. The van der Waals surface area contributed by atoms with Crippen LogP contribution in [-0.2, 0) is 16.0 Å². The number of para-hydroxylation sites is 1. The largest absolute Gasteiger partial charge is 0.367 e. The maximum atomic E-state index is 14.7. The van der Waals surface area contributed by atoms with Crippen LogP contribution in [0.15, 0.2) is 53.0 Å². The summed E-state index contributed by atoms with van der Waals surface area (Å²) in [5.41, 5.74) is 0.249. The van der Waals surface area contributed by atoms with Crippen molar-refractivity contribution in [3.05, 3.63) is 85.6 Å². The highest BCUT2D eigenvalue weighted by atomic mass is 35.5. The summed E-state index contributed by atoms with van der Waals surface area (Å²) < 4.78 is 15.9. The Labute approximate surface area is 211 Å². The Morgan fingerprint density at radius 1 is 0.943 bits per heavy atom. The van der Waals surface area contributed by atoms with E-state index in [-0.39, 0.29) is 27.5 Å². The van der Waals surface area contributed by atoms with E-state index in [1.807, 2.05) is 20.8 Å². The van der Waals surface area contributed by atoms with Gasteiger partial charge in [0.2, 0.25) is 0 Å². The van der Waals surface area contributed by atoms with Crippen LogP contribution in [0.2, 0.25) is 10.0 Å². The van der Waals surface area contributed by atoms with Gasteiger partial charge in [-0.05, 0) is 50.6 Å². The molecule has 7 nitrogen and oxygen atoms in total. The molecule has 0 atom stereocenters. The number of imide groups is 1. The van der Waals surface area contributed by atoms with E-state index in [0.29, 0.717) is 35.9 Å². The van der Waals surface area contributed by atoms with Crippen LogP contribution >= 0.6 is 23.2 Å². The second-order valence-electron chi connectivity index (χ2n) is 7.85. The van der Waals surface area contributed by atoms with Crippen molar-refractivity contribution in [1.29, 1.82) is 0 Å². The van der Waals surface area contributed by atoms with Crippen LogP contribution in [0.1, 0.15) is 32.0 Å². The molecule has 182 valence electrons. The molecule has 1 aliphatic rings. The van der Waals surface area contributed by atoms with Crippen molar-refractivity contribution < 1.29 is 14.0 Å². The van der Waals surface area contributed by atoms with Crippen molar-refractivity contribution in [2.24, 2.45) is 0 Å². The number of nitrogens with one attached hydrogen (secondary N) is 1. The highest BCUT2D eigenvalue weighted by molar-refractivity contribution is 6.45. The summed E-state index contributed by atoms with van der Waals surface area (Å²) in [6, 6.07) is 10.2. The van der Waals surface area contributed by atoms with Gasteiger partial charge in [0, 0.05) is 18.8 Å². The van der Waals surface area contributed by atoms with Crippen LogP contribution < -0.4 is 10.5 Å². The third-order valence-electron chi connectivity index (χ3n) is 5.96. The van der Waals surface area contributed by atoms with E-state index >= 15 is 0 Å². The Morgan fingerprint density at radius 3 is 2.23 bits per heavy atom. The average Bonchev–Trinajstić information content (AvgIpc) is 3.30. The molecule has 4 rings (SSSR count). The van der Waals surface area contributed by atoms with Gasteiger partial charge in [-0.2, -0.15) is 0 Å². The molecule has 0 fully saturated rings. The van der Waals surface area contributed by atoms with Crippen LogP contribution in [0.4, 0.5) is 10.1 Å². The number of likely N-dealkylation sites (N-methyl/N-ethyl adjacent to an activating group) is 1. The fraction of sp³-hybridized carbons (Fsp3) is 0.240. The summed E-state index contributed by atoms with van der Waals surface area (Å²) in [6.07, 6.45) is 0.370. The zero-order valence-corrected chi connectivity index (χ0v) is 20.9. The number of anilines is 1. The van der Waals surface area contributed by atoms with E-state index in [1.165, 1.54) is 28.9 Å². The second kappa shape index (κ2) is 9.71. The highest BCUT2D eigenvalue weighted by Gasteiger charge is 2.45. The average molecular weight is 517 g/mol. The third-order valence-corrected chi connectivity index (χ3v) is 6.70. The number of halogens is 3. The number of nitrogens with zero attached hydrogens (tertiary/aromatic N) is 3. The fourth-order valence-corrected chi connectivity index (χ4v) is 4.52. The van der Waals surface area contributed by atoms with Gasteiger partial charge < -0.3 is 4.90 Å². The summed E-state index contributed by atoms with van der Waals surface area (Å²) in [5.74, 6) is -2.15. The van der Waals surface area contributed by atoms with Gasteiger partial charge in [-0.15, -0.1) is 0 Å².